The van der Waals surface area contributed by atoms with Gasteiger partial charge in [0.2, 0.25) is 0 Å². The van der Waals surface area contributed by atoms with E-state index in [9.17, 15) is 9.59 Å². The van der Waals surface area contributed by atoms with Crippen LogP contribution in [-0.2, 0) is 16.0 Å². The number of carbonyl (C=O) groups excluding carboxylic acids is 1. The predicted molar refractivity (Wildman–Crippen MR) is 180 cm³/mol. The molecule has 1 unspecified atom stereocenters. The molecule has 3 heterocycles. The van der Waals surface area contributed by atoms with Gasteiger partial charge in [-0.1, -0.05) is 61.2 Å². The summed E-state index contributed by atoms with van der Waals surface area (Å²) in [5, 5.41) is 9.16. The third-order valence-electron chi connectivity index (χ3n) is 8.45. The van der Waals surface area contributed by atoms with Crippen molar-refractivity contribution in [3.05, 3.63) is 87.8 Å². The average Bonchev–Trinajstić information content (AvgIpc) is 3.32. The van der Waals surface area contributed by atoms with Gasteiger partial charge < -0.3 is 19.3 Å². The first-order valence-electron chi connectivity index (χ1n) is 15.3. The minimum Gasteiger partial charge on any atom is -0.493 e. The highest BCUT2D eigenvalue weighted by Crippen LogP contribution is 2.39. The lowest BCUT2D eigenvalue weighted by Crippen LogP contribution is -2.38. The van der Waals surface area contributed by atoms with Gasteiger partial charge in [0, 0.05) is 31.7 Å². The molecule has 0 saturated carbocycles. The Morgan fingerprint density at radius 3 is 2.58 bits per heavy atom. The lowest BCUT2D eigenvalue weighted by molar-refractivity contribution is -0.122. The maximum absolute atomic E-state index is 13.6. The van der Waals surface area contributed by atoms with Gasteiger partial charge in [0.25, 0.3) is 5.91 Å². The molecule has 0 aromatic heterocycles. The van der Waals surface area contributed by atoms with Crippen LogP contribution in [0.25, 0.3) is 17.2 Å². The van der Waals surface area contributed by atoms with Crippen LogP contribution in [0.3, 0.4) is 0 Å². The summed E-state index contributed by atoms with van der Waals surface area (Å²) in [6.45, 7) is 7.91. The second kappa shape index (κ2) is 14.2. The van der Waals surface area contributed by atoms with Crippen molar-refractivity contribution in [2.45, 2.75) is 25.7 Å². The second-order valence-electron chi connectivity index (χ2n) is 11.4. The number of hydrogen-bond acceptors (Lipinski definition) is 8. The normalized spacial score (nSPS) is 19.4. The number of carboxylic acid groups (broad SMARTS) is 1. The smallest absolute Gasteiger partial charge is 0.335 e. The Balaban J connectivity index is 1.23. The molecule has 3 aromatic rings. The summed E-state index contributed by atoms with van der Waals surface area (Å²) in [6, 6.07) is 19.2. The van der Waals surface area contributed by atoms with Crippen LogP contribution < -0.4 is 9.47 Å². The lowest BCUT2D eigenvalue weighted by Gasteiger charge is -2.26. The predicted octanol–water partition coefficient (Wildman–Crippen LogP) is 6.09. The van der Waals surface area contributed by atoms with Gasteiger partial charge in [-0.25, -0.2) is 4.79 Å². The molecule has 45 heavy (non-hydrogen) atoms. The Hall–Kier alpha value is -3.70. The minimum atomic E-state index is -0.966. The number of ether oxygens (including phenoxy) is 3. The molecule has 2 saturated heterocycles. The monoisotopic (exact) mass is 644 g/mol. The van der Waals surface area contributed by atoms with Crippen molar-refractivity contribution in [3.8, 4) is 22.6 Å². The summed E-state index contributed by atoms with van der Waals surface area (Å²) in [5.74, 6) is 0.988. The van der Waals surface area contributed by atoms with Crippen LogP contribution in [0, 0.1) is 0 Å². The van der Waals surface area contributed by atoms with Crippen LogP contribution in [0.5, 0.6) is 11.5 Å². The van der Waals surface area contributed by atoms with Crippen molar-refractivity contribution in [2.75, 3.05) is 52.6 Å². The molecule has 3 aromatic carbocycles. The van der Waals surface area contributed by atoms with Crippen molar-refractivity contribution in [1.82, 2.24) is 9.80 Å². The molecule has 0 bridgehead atoms. The van der Waals surface area contributed by atoms with E-state index < -0.39 is 5.97 Å². The van der Waals surface area contributed by atoms with E-state index in [1.54, 1.807) is 29.2 Å². The van der Waals surface area contributed by atoms with E-state index in [1.165, 1.54) is 17.3 Å². The van der Waals surface area contributed by atoms with Gasteiger partial charge in [-0.05, 0) is 77.4 Å². The number of benzene rings is 3. The Labute approximate surface area is 273 Å². The molecule has 8 nitrogen and oxygen atoms in total. The van der Waals surface area contributed by atoms with E-state index in [2.05, 4.69) is 42.2 Å². The third kappa shape index (κ3) is 7.41. The molecule has 1 amide bonds. The highest BCUT2D eigenvalue weighted by Gasteiger charge is 2.32. The fourth-order valence-corrected chi connectivity index (χ4v) is 7.02. The number of aromatic carboxylic acids is 1. The largest absolute Gasteiger partial charge is 0.493 e. The second-order valence-corrected chi connectivity index (χ2v) is 13.1. The molecule has 3 aliphatic heterocycles. The molecule has 1 atom stereocenters. The molecule has 2 fully saturated rings. The first-order valence-corrected chi connectivity index (χ1v) is 16.5. The molecular formula is C35H36N2O6S2. The average molecular weight is 645 g/mol. The Kier molecular flexibility index (Phi) is 9.85. The minimum absolute atomic E-state index is 0.145. The summed E-state index contributed by atoms with van der Waals surface area (Å²) in [5.41, 5.74) is 5.26. The first-order chi connectivity index (χ1) is 21.9. The van der Waals surface area contributed by atoms with E-state index >= 15 is 0 Å². The highest BCUT2D eigenvalue weighted by atomic mass is 32.2. The summed E-state index contributed by atoms with van der Waals surface area (Å²) in [4.78, 5) is 29.2. The van der Waals surface area contributed by atoms with E-state index in [0.29, 0.717) is 47.1 Å². The SMILES string of the molecule is CC1CCOc2cc(-c3ccc(OCCN4CCOCC4)c(/C=C4\SC(=S)N(CCc5ccc(C(=O)O)cc5)C4=O)c3)ccc21. The van der Waals surface area contributed by atoms with Gasteiger partial charge in [-0.3, -0.25) is 14.6 Å². The molecule has 3 aliphatic rings. The summed E-state index contributed by atoms with van der Waals surface area (Å²) in [6.07, 6.45) is 3.46. The number of rotatable bonds is 10. The molecule has 6 rings (SSSR count). The molecule has 0 spiro atoms. The zero-order chi connectivity index (χ0) is 31.3. The number of thioether (sulfide) groups is 1. The molecular weight excluding hydrogens is 609 g/mol. The first kappa shape index (κ1) is 31.3. The number of fused-ring (bicyclic) bond motifs is 1. The maximum atomic E-state index is 13.6. The molecule has 1 N–H and O–H groups in total. The highest BCUT2D eigenvalue weighted by molar-refractivity contribution is 8.26. The fraction of sp³-hybridized carbons (Fsp3) is 0.343. The Morgan fingerprint density at radius 2 is 1.80 bits per heavy atom. The zero-order valence-corrected chi connectivity index (χ0v) is 26.8. The topological polar surface area (TPSA) is 88.5 Å². The van der Waals surface area contributed by atoms with Crippen LogP contribution in [-0.4, -0.2) is 83.7 Å². The lowest BCUT2D eigenvalue weighted by atomic mass is 9.92. The van der Waals surface area contributed by atoms with Crippen LogP contribution in [0.2, 0.25) is 0 Å². The number of thiocarbonyl (C=S) groups is 1. The van der Waals surface area contributed by atoms with Crippen molar-refractivity contribution >= 4 is 46.3 Å². The molecule has 0 aliphatic carbocycles. The van der Waals surface area contributed by atoms with E-state index in [0.717, 1.165) is 67.3 Å². The van der Waals surface area contributed by atoms with Crippen molar-refractivity contribution < 1.29 is 28.9 Å². The van der Waals surface area contributed by atoms with Crippen LogP contribution in [0.1, 0.15) is 46.3 Å². The van der Waals surface area contributed by atoms with Crippen LogP contribution >= 0.6 is 24.0 Å². The van der Waals surface area contributed by atoms with E-state index in [1.807, 2.05) is 12.1 Å². The van der Waals surface area contributed by atoms with Gasteiger partial charge >= 0.3 is 5.97 Å². The summed E-state index contributed by atoms with van der Waals surface area (Å²) < 4.78 is 18.3. The third-order valence-corrected chi connectivity index (χ3v) is 9.83. The van der Waals surface area contributed by atoms with Crippen molar-refractivity contribution in [2.24, 2.45) is 0 Å². The van der Waals surface area contributed by atoms with Crippen molar-refractivity contribution in [1.29, 1.82) is 0 Å². The van der Waals surface area contributed by atoms with Gasteiger partial charge in [0.05, 0.1) is 30.3 Å². The fourth-order valence-electron chi connectivity index (χ4n) is 5.72. The van der Waals surface area contributed by atoms with Gasteiger partial charge in [0.15, 0.2) is 0 Å². The van der Waals surface area contributed by atoms with Crippen molar-refractivity contribution in [3.63, 3.8) is 0 Å². The molecule has 0 radical (unpaired) electrons. The maximum Gasteiger partial charge on any atom is 0.335 e. The zero-order valence-electron chi connectivity index (χ0n) is 25.2. The van der Waals surface area contributed by atoms with Crippen LogP contribution in [0.4, 0.5) is 0 Å². The molecule has 10 heteroatoms. The number of hydrogen-bond donors (Lipinski definition) is 1. The van der Waals surface area contributed by atoms with Crippen LogP contribution in [0.15, 0.2) is 65.6 Å². The Morgan fingerprint density at radius 1 is 1.04 bits per heavy atom. The number of carbonyl (C=O) groups is 2. The summed E-state index contributed by atoms with van der Waals surface area (Å²) >= 11 is 6.90. The van der Waals surface area contributed by atoms with E-state index in [4.69, 9.17) is 31.5 Å². The van der Waals surface area contributed by atoms with Gasteiger partial charge in [-0.15, -0.1) is 0 Å². The molecule has 234 valence electrons. The van der Waals surface area contributed by atoms with E-state index in [-0.39, 0.29) is 11.5 Å². The number of nitrogens with zero attached hydrogens (tertiary/aromatic N) is 2. The summed E-state index contributed by atoms with van der Waals surface area (Å²) in [7, 11) is 0. The van der Waals surface area contributed by atoms with Gasteiger partial charge in [0.1, 0.15) is 22.4 Å². The van der Waals surface area contributed by atoms with Gasteiger partial charge in [-0.2, -0.15) is 0 Å². The number of amides is 1. The Bertz CT molecular complexity index is 1620. The quantitative estimate of drug-likeness (QED) is 0.208. The number of carboxylic acids is 1. The standard InChI is InChI=1S/C35H36N2O6S2/c1-23-11-16-42-31-21-27(6-8-29(23)31)26-7-9-30(43-19-15-36-13-17-41-18-14-36)28(20-26)22-32-33(38)37(35(44)45-32)12-10-24-2-4-25(5-3-24)34(39)40/h2-9,20-23H,10-19H2,1H3,(H,39,40)/b32-22-. The number of morpholine rings is 1.